The lowest BCUT2D eigenvalue weighted by Crippen LogP contribution is -1.75. The molecule has 0 atom stereocenters. The largest absolute Gasteiger partial charge is 0.192 e. The Morgan fingerprint density at radius 2 is 2.29 bits per heavy atom. The van der Waals surface area contributed by atoms with E-state index in [1.807, 2.05) is 22.9 Å². The van der Waals surface area contributed by atoms with Crippen LogP contribution in [0.25, 0.3) is 15.8 Å². The van der Waals surface area contributed by atoms with Crippen molar-refractivity contribution in [2.75, 3.05) is 0 Å². The molecule has 2 aromatic rings. The van der Waals surface area contributed by atoms with Crippen molar-refractivity contribution in [3.05, 3.63) is 40.6 Å². The van der Waals surface area contributed by atoms with E-state index in [0.717, 1.165) is 20.9 Å². The summed E-state index contributed by atoms with van der Waals surface area (Å²) in [4.78, 5) is 2.21. The Balaban J connectivity index is 2.61. The molecule has 3 heteroatoms. The van der Waals surface area contributed by atoms with Crippen molar-refractivity contribution in [1.82, 2.24) is 0 Å². The van der Waals surface area contributed by atoms with Gasteiger partial charge in [-0.15, -0.1) is 22.7 Å². The minimum absolute atomic E-state index is 0.743. The SMILES string of the molecule is C=Cc1csc(-c2cccs2)c1C#N. The van der Waals surface area contributed by atoms with E-state index in [-0.39, 0.29) is 0 Å². The lowest BCUT2D eigenvalue weighted by Gasteiger charge is -1.92. The molecule has 0 aliphatic heterocycles. The third-order valence-electron chi connectivity index (χ3n) is 1.90. The van der Waals surface area contributed by atoms with Crippen LogP contribution >= 0.6 is 22.7 Å². The van der Waals surface area contributed by atoms with Crippen LogP contribution in [0.5, 0.6) is 0 Å². The molecule has 2 heterocycles. The normalized spacial score (nSPS) is 9.64. The summed E-state index contributed by atoms with van der Waals surface area (Å²) in [6, 6.07) is 6.26. The molecule has 0 spiro atoms. The highest BCUT2D eigenvalue weighted by molar-refractivity contribution is 7.20. The van der Waals surface area contributed by atoms with Crippen LogP contribution in [-0.2, 0) is 0 Å². The monoisotopic (exact) mass is 217 g/mol. The van der Waals surface area contributed by atoms with Crippen molar-refractivity contribution in [2.45, 2.75) is 0 Å². The number of thiophene rings is 2. The predicted octanol–water partition coefficient (Wildman–Crippen LogP) is 3.99. The number of hydrogen-bond acceptors (Lipinski definition) is 3. The second-order valence-electron chi connectivity index (χ2n) is 2.69. The van der Waals surface area contributed by atoms with Crippen molar-refractivity contribution >= 4 is 28.7 Å². The van der Waals surface area contributed by atoms with Crippen molar-refractivity contribution in [3.63, 3.8) is 0 Å². The summed E-state index contributed by atoms with van der Waals surface area (Å²) in [5.74, 6) is 0. The number of rotatable bonds is 2. The molecule has 68 valence electrons. The molecule has 0 radical (unpaired) electrons. The molecule has 1 nitrogen and oxygen atoms in total. The highest BCUT2D eigenvalue weighted by atomic mass is 32.1. The molecular formula is C11H7NS2. The average Bonchev–Trinajstić information content (AvgIpc) is 2.85. The summed E-state index contributed by atoms with van der Waals surface area (Å²) in [5.41, 5.74) is 1.67. The average molecular weight is 217 g/mol. The van der Waals surface area contributed by atoms with Crippen molar-refractivity contribution in [1.29, 1.82) is 5.26 Å². The molecule has 0 fully saturated rings. The zero-order chi connectivity index (χ0) is 9.97. The fourth-order valence-electron chi connectivity index (χ4n) is 1.23. The second kappa shape index (κ2) is 3.79. The number of nitrogens with zero attached hydrogens (tertiary/aromatic N) is 1. The first-order valence-corrected chi connectivity index (χ1v) is 5.80. The van der Waals surface area contributed by atoms with Gasteiger partial charge in [-0.3, -0.25) is 0 Å². The molecule has 0 aliphatic rings. The first-order valence-electron chi connectivity index (χ1n) is 4.04. The second-order valence-corrected chi connectivity index (χ2v) is 4.52. The van der Waals surface area contributed by atoms with Gasteiger partial charge in [0.25, 0.3) is 0 Å². The minimum Gasteiger partial charge on any atom is -0.192 e. The molecule has 0 unspecified atom stereocenters. The zero-order valence-electron chi connectivity index (χ0n) is 7.36. The number of nitriles is 1. The van der Waals surface area contributed by atoms with Crippen LogP contribution in [0.3, 0.4) is 0 Å². The van der Waals surface area contributed by atoms with Gasteiger partial charge in [-0.1, -0.05) is 18.7 Å². The van der Waals surface area contributed by atoms with E-state index < -0.39 is 0 Å². The topological polar surface area (TPSA) is 23.8 Å². The maximum absolute atomic E-state index is 9.03. The van der Waals surface area contributed by atoms with E-state index >= 15 is 0 Å². The Labute approximate surface area is 90.6 Å². The Morgan fingerprint density at radius 1 is 1.43 bits per heavy atom. The van der Waals surface area contributed by atoms with Gasteiger partial charge in [0.15, 0.2) is 0 Å². The fourth-order valence-corrected chi connectivity index (χ4v) is 3.11. The molecule has 14 heavy (non-hydrogen) atoms. The zero-order valence-corrected chi connectivity index (χ0v) is 8.99. The van der Waals surface area contributed by atoms with Crippen LogP contribution < -0.4 is 0 Å². The molecule has 0 saturated carbocycles. The van der Waals surface area contributed by atoms with Gasteiger partial charge in [0, 0.05) is 10.4 Å². The van der Waals surface area contributed by atoms with Crippen molar-refractivity contribution < 1.29 is 0 Å². The van der Waals surface area contributed by atoms with Gasteiger partial charge in [0.2, 0.25) is 0 Å². The lowest BCUT2D eigenvalue weighted by molar-refractivity contribution is 1.50. The van der Waals surface area contributed by atoms with E-state index in [0.29, 0.717) is 0 Å². The summed E-state index contributed by atoms with van der Waals surface area (Å²) in [6.07, 6.45) is 1.73. The Hall–Kier alpha value is -1.37. The summed E-state index contributed by atoms with van der Waals surface area (Å²) < 4.78 is 0. The van der Waals surface area contributed by atoms with Gasteiger partial charge in [-0.05, 0) is 16.8 Å². The van der Waals surface area contributed by atoms with Gasteiger partial charge in [0.05, 0.1) is 10.4 Å². The smallest absolute Gasteiger partial charge is 0.101 e. The molecule has 2 aromatic heterocycles. The third kappa shape index (κ3) is 1.39. The van der Waals surface area contributed by atoms with Crippen LogP contribution in [0.15, 0.2) is 29.5 Å². The maximum Gasteiger partial charge on any atom is 0.101 e. The summed E-state index contributed by atoms with van der Waals surface area (Å²) in [7, 11) is 0. The van der Waals surface area contributed by atoms with Crippen LogP contribution in [0.1, 0.15) is 11.1 Å². The van der Waals surface area contributed by atoms with Gasteiger partial charge >= 0.3 is 0 Å². The Bertz CT molecular complexity index is 486. The van der Waals surface area contributed by atoms with Gasteiger partial charge < -0.3 is 0 Å². The third-order valence-corrected chi connectivity index (χ3v) is 3.94. The maximum atomic E-state index is 9.03. The van der Waals surface area contributed by atoms with Gasteiger partial charge in [0.1, 0.15) is 6.07 Å². The first-order chi connectivity index (χ1) is 6.86. The van der Waals surface area contributed by atoms with E-state index in [1.165, 1.54) is 0 Å². The first kappa shape index (κ1) is 9.20. The van der Waals surface area contributed by atoms with Crippen molar-refractivity contribution in [3.8, 4) is 15.8 Å². The van der Waals surface area contributed by atoms with E-state index in [1.54, 1.807) is 28.7 Å². The van der Waals surface area contributed by atoms with Crippen LogP contribution in [0.4, 0.5) is 0 Å². The summed E-state index contributed by atoms with van der Waals surface area (Å²) >= 11 is 3.25. The fraction of sp³-hybridized carbons (Fsp3) is 0. The Kier molecular flexibility index (Phi) is 2.49. The van der Waals surface area contributed by atoms with Crippen LogP contribution in [0.2, 0.25) is 0 Å². The van der Waals surface area contributed by atoms with Gasteiger partial charge in [-0.25, -0.2) is 0 Å². The molecule has 0 amide bonds. The quantitative estimate of drug-likeness (QED) is 0.746. The molecule has 0 N–H and O–H groups in total. The minimum atomic E-state index is 0.743. The standard InChI is InChI=1S/C11H7NS2/c1-2-8-7-14-11(9(8)6-12)10-4-3-5-13-10/h2-5,7H,1H2. The highest BCUT2D eigenvalue weighted by Gasteiger charge is 2.11. The van der Waals surface area contributed by atoms with E-state index in [9.17, 15) is 0 Å². The summed E-state index contributed by atoms with van der Waals surface area (Å²) in [6.45, 7) is 3.69. The van der Waals surface area contributed by atoms with Crippen molar-refractivity contribution in [2.24, 2.45) is 0 Å². The van der Waals surface area contributed by atoms with E-state index in [2.05, 4.69) is 12.6 Å². The highest BCUT2D eigenvalue weighted by Crippen LogP contribution is 2.35. The molecule has 0 aliphatic carbocycles. The molecule has 0 aromatic carbocycles. The molecular weight excluding hydrogens is 210 g/mol. The Morgan fingerprint density at radius 3 is 2.86 bits per heavy atom. The van der Waals surface area contributed by atoms with Crippen LogP contribution in [-0.4, -0.2) is 0 Å². The summed E-state index contributed by atoms with van der Waals surface area (Å²) in [5, 5.41) is 13.0. The van der Waals surface area contributed by atoms with Crippen LogP contribution in [0, 0.1) is 11.3 Å². The van der Waals surface area contributed by atoms with Gasteiger partial charge in [-0.2, -0.15) is 5.26 Å². The molecule has 2 rings (SSSR count). The lowest BCUT2D eigenvalue weighted by atomic mass is 10.1. The van der Waals surface area contributed by atoms with E-state index in [4.69, 9.17) is 5.26 Å². The molecule has 0 saturated heterocycles. The molecule has 0 bridgehead atoms. The number of hydrogen-bond donors (Lipinski definition) is 0. The predicted molar refractivity (Wildman–Crippen MR) is 62.4 cm³/mol.